The first-order chi connectivity index (χ1) is 6.82. The summed E-state index contributed by atoms with van der Waals surface area (Å²) in [6.07, 6.45) is 1.22. The van der Waals surface area contributed by atoms with Crippen molar-refractivity contribution in [3.8, 4) is 0 Å². The third kappa shape index (κ3) is 3.04. The van der Waals surface area contributed by atoms with Gasteiger partial charge in [0.25, 0.3) is 0 Å². The van der Waals surface area contributed by atoms with E-state index in [4.69, 9.17) is 0 Å². The Morgan fingerprint density at radius 1 is 1.20 bits per heavy atom. The van der Waals surface area contributed by atoms with Gasteiger partial charge in [0.05, 0.1) is 6.26 Å². The fraction of sp³-hybridized carbons (Fsp3) is 0.455. The molecule has 4 heteroatoms. The van der Waals surface area contributed by atoms with Crippen LogP contribution in [0.25, 0.3) is 0 Å². The van der Waals surface area contributed by atoms with Crippen molar-refractivity contribution in [2.75, 3.05) is 13.3 Å². The van der Waals surface area contributed by atoms with Gasteiger partial charge >= 0.3 is 0 Å². The van der Waals surface area contributed by atoms with Gasteiger partial charge in [-0.3, -0.25) is 0 Å². The predicted molar refractivity (Wildman–Crippen MR) is 62.2 cm³/mol. The molecule has 0 spiro atoms. The number of benzene rings is 1. The summed E-state index contributed by atoms with van der Waals surface area (Å²) < 4.78 is 23.9. The zero-order valence-electron chi connectivity index (χ0n) is 9.61. The standard InChI is InChI=1S/C11H17NO2S/c1-9-6-5-7-10(2)11(9)8-12(3)15(4,13)14/h5-7H,8H2,1-4H3. The van der Waals surface area contributed by atoms with Crippen LogP contribution in [0, 0.1) is 13.8 Å². The van der Waals surface area contributed by atoms with Crippen LogP contribution in [0.2, 0.25) is 0 Å². The first kappa shape index (κ1) is 12.2. The smallest absolute Gasteiger partial charge is 0.211 e. The molecule has 0 aliphatic heterocycles. The van der Waals surface area contributed by atoms with Crippen molar-refractivity contribution >= 4 is 10.0 Å². The normalized spacial score (nSPS) is 12.1. The van der Waals surface area contributed by atoms with Gasteiger partial charge in [-0.2, -0.15) is 0 Å². The molecule has 1 aromatic rings. The Bertz CT molecular complexity index is 431. The van der Waals surface area contributed by atoms with Crippen molar-refractivity contribution < 1.29 is 8.42 Å². The Morgan fingerprint density at radius 2 is 1.67 bits per heavy atom. The molecule has 0 heterocycles. The van der Waals surface area contributed by atoms with E-state index in [1.165, 1.54) is 10.6 Å². The number of rotatable bonds is 3. The monoisotopic (exact) mass is 227 g/mol. The lowest BCUT2D eigenvalue weighted by atomic mass is 10.0. The summed E-state index contributed by atoms with van der Waals surface area (Å²) in [4.78, 5) is 0. The number of hydrogen-bond donors (Lipinski definition) is 0. The minimum Gasteiger partial charge on any atom is -0.213 e. The zero-order chi connectivity index (χ0) is 11.6. The molecule has 84 valence electrons. The van der Waals surface area contributed by atoms with E-state index in [0.29, 0.717) is 6.54 Å². The second kappa shape index (κ2) is 4.33. The molecular formula is C11H17NO2S. The minimum atomic E-state index is -3.10. The molecule has 0 aromatic heterocycles. The van der Waals surface area contributed by atoms with Gasteiger partial charge in [0.2, 0.25) is 10.0 Å². The Kier molecular flexibility index (Phi) is 3.52. The zero-order valence-corrected chi connectivity index (χ0v) is 10.4. The molecule has 3 nitrogen and oxygen atoms in total. The molecule has 0 saturated carbocycles. The molecule has 0 atom stereocenters. The molecule has 0 aliphatic rings. The summed E-state index contributed by atoms with van der Waals surface area (Å²) in [5.74, 6) is 0. The average Bonchev–Trinajstić information content (AvgIpc) is 2.09. The summed E-state index contributed by atoms with van der Waals surface area (Å²) in [5, 5.41) is 0. The third-order valence-corrected chi connectivity index (χ3v) is 3.85. The quantitative estimate of drug-likeness (QED) is 0.788. The molecule has 0 aliphatic carbocycles. The highest BCUT2D eigenvalue weighted by molar-refractivity contribution is 7.88. The van der Waals surface area contributed by atoms with Crippen LogP contribution in [0.4, 0.5) is 0 Å². The van der Waals surface area contributed by atoms with Crippen LogP contribution in [-0.4, -0.2) is 26.0 Å². The molecule has 0 unspecified atom stereocenters. The summed E-state index contributed by atoms with van der Waals surface area (Å²) in [6, 6.07) is 5.98. The first-order valence-corrected chi connectivity index (χ1v) is 6.63. The van der Waals surface area contributed by atoms with Crippen molar-refractivity contribution in [3.05, 3.63) is 34.9 Å². The number of aryl methyl sites for hydroxylation is 2. The van der Waals surface area contributed by atoms with Crippen LogP contribution < -0.4 is 0 Å². The molecular weight excluding hydrogens is 210 g/mol. The molecule has 0 fully saturated rings. The average molecular weight is 227 g/mol. The molecule has 1 rings (SSSR count). The van der Waals surface area contributed by atoms with Gasteiger partial charge in [-0.05, 0) is 30.5 Å². The summed E-state index contributed by atoms with van der Waals surface area (Å²) in [7, 11) is -1.50. The lowest BCUT2D eigenvalue weighted by Gasteiger charge is -2.17. The van der Waals surface area contributed by atoms with E-state index in [1.807, 2.05) is 32.0 Å². The molecule has 1 aromatic carbocycles. The maximum atomic E-state index is 11.3. The molecule has 0 saturated heterocycles. The SMILES string of the molecule is Cc1cccc(C)c1CN(C)S(C)(=O)=O. The number of hydrogen-bond acceptors (Lipinski definition) is 2. The van der Waals surface area contributed by atoms with Gasteiger partial charge in [0.1, 0.15) is 0 Å². The second-order valence-corrected chi connectivity index (χ2v) is 5.98. The highest BCUT2D eigenvalue weighted by atomic mass is 32.2. The van der Waals surface area contributed by atoms with Crippen molar-refractivity contribution in [1.82, 2.24) is 4.31 Å². The number of nitrogens with zero attached hydrogens (tertiary/aromatic N) is 1. The topological polar surface area (TPSA) is 37.4 Å². The van der Waals surface area contributed by atoms with Crippen LogP contribution in [0.15, 0.2) is 18.2 Å². The number of sulfonamides is 1. The largest absolute Gasteiger partial charge is 0.213 e. The van der Waals surface area contributed by atoms with Crippen molar-refractivity contribution in [1.29, 1.82) is 0 Å². The van der Waals surface area contributed by atoms with Gasteiger partial charge in [-0.15, -0.1) is 0 Å². The van der Waals surface area contributed by atoms with Gasteiger partial charge in [0, 0.05) is 13.6 Å². The summed E-state index contributed by atoms with van der Waals surface area (Å²) in [5.41, 5.74) is 3.35. The van der Waals surface area contributed by atoms with Crippen LogP contribution in [0.3, 0.4) is 0 Å². The van der Waals surface area contributed by atoms with Gasteiger partial charge in [-0.1, -0.05) is 18.2 Å². The predicted octanol–water partition coefficient (Wildman–Crippen LogP) is 1.69. The van der Waals surface area contributed by atoms with Crippen LogP contribution in [0.5, 0.6) is 0 Å². The molecule has 0 N–H and O–H groups in total. The highest BCUT2D eigenvalue weighted by Crippen LogP contribution is 2.16. The van der Waals surface area contributed by atoms with Gasteiger partial charge in [0.15, 0.2) is 0 Å². The Labute approximate surface area is 91.8 Å². The van der Waals surface area contributed by atoms with Crippen molar-refractivity contribution in [2.45, 2.75) is 20.4 Å². The van der Waals surface area contributed by atoms with E-state index in [-0.39, 0.29) is 0 Å². The Hall–Kier alpha value is -0.870. The van der Waals surface area contributed by atoms with Crippen LogP contribution in [0.1, 0.15) is 16.7 Å². The Morgan fingerprint density at radius 3 is 2.07 bits per heavy atom. The molecule has 0 amide bonds. The third-order valence-electron chi connectivity index (χ3n) is 2.59. The van der Waals surface area contributed by atoms with Gasteiger partial charge in [-0.25, -0.2) is 12.7 Å². The highest BCUT2D eigenvalue weighted by Gasteiger charge is 2.13. The summed E-state index contributed by atoms with van der Waals surface area (Å²) in [6.45, 7) is 4.44. The van der Waals surface area contributed by atoms with Crippen LogP contribution in [-0.2, 0) is 16.6 Å². The lowest BCUT2D eigenvalue weighted by molar-refractivity contribution is 0.470. The molecule has 0 bridgehead atoms. The maximum absolute atomic E-state index is 11.3. The fourth-order valence-electron chi connectivity index (χ4n) is 1.44. The summed E-state index contributed by atoms with van der Waals surface area (Å²) >= 11 is 0. The molecule has 0 radical (unpaired) electrons. The van der Waals surface area contributed by atoms with E-state index in [0.717, 1.165) is 16.7 Å². The van der Waals surface area contributed by atoms with E-state index in [9.17, 15) is 8.42 Å². The lowest BCUT2D eigenvalue weighted by Crippen LogP contribution is -2.25. The fourth-order valence-corrected chi connectivity index (χ4v) is 1.80. The Balaban J connectivity index is 3.00. The van der Waals surface area contributed by atoms with E-state index < -0.39 is 10.0 Å². The van der Waals surface area contributed by atoms with Crippen LogP contribution >= 0.6 is 0 Å². The molecule has 15 heavy (non-hydrogen) atoms. The first-order valence-electron chi connectivity index (χ1n) is 4.79. The maximum Gasteiger partial charge on any atom is 0.211 e. The van der Waals surface area contributed by atoms with Gasteiger partial charge < -0.3 is 0 Å². The van der Waals surface area contributed by atoms with E-state index in [1.54, 1.807) is 7.05 Å². The van der Waals surface area contributed by atoms with E-state index >= 15 is 0 Å². The van der Waals surface area contributed by atoms with Crippen molar-refractivity contribution in [2.24, 2.45) is 0 Å². The van der Waals surface area contributed by atoms with Crippen molar-refractivity contribution in [3.63, 3.8) is 0 Å². The van der Waals surface area contributed by atoms with E-state index in [2.05, 4.69) is 0 Å². The second-order valence-electron chi connectivity index (χ2n) is 3.89. The minimum absolute atomic E-state index is 0.442.